The van der Waals surface area contributed by atoms with Crippen molar-refractivity contribution in [2.75, 3.05) is 31.9 Å². The number of nitrogens with zero attached hydrogens (tertiary/aromatic N) is 2. The van der Waals surface area contributed by atoms with Crippen LogP contribution in [0.15, 0.2) is 0 Å². The lowest BCUT2D eigenvalue weighted by Gasteiger charge is -2.25. The van der Waals surface area contributed by atoms with Crippen molar-refractivity contribution in [3.8, 4) is 0 Å². The summed E-state index contributed by atoms with van der Waals surface area (Å²) in [5, 5.41) is 0. The average Bonchev–Trinajstić information content (AvgIpc) is 2.95. The zero-order valence-electron chi connectivity index (χ0n) is 14.5. The minimum absolute atomic E-state index is 0.167. The van der Waals surface area contributed by atoms with Crippen LogP contribution in [-0.4, -0.2) is 55.5 Å². The maximum absolute atomic E-state index is 12.7. The van der Waals surface area contributed by atoms with Gasteiger partial charge in [0.25, 0.3) is 0 Å². The Hall–Kier alpha value is -0.620. The maximum atomic E-state index is 12.7. The van der Waals surface area contributed by atoms with Crippen LogP contribution in [0, 0.1) is 5.92 Å². The van der Waals surface area contributed by atoms with E-state index in [1.165, 1.54) is 12.8 Å². The van der Waals surface area contributed by atoms with Crippen LogP contribution < -0.4 is 0 Å². The van der Waals surface area contributed by atoms with Crippen LogP contribution in [0.25, 0.3) is 0 Å². The minimum Gasteiger partial charge on any atom is -0.341 e. The van der Waals surface area contributed by atoms with E-state index in [9.17, 15) is 13.2 Å². The molecule has 1 aliphatic carbocycles. The minimum atomic E-state index is -3.15. The van der Waals surface area contributed by atoms with Gasteiger partial charge in [-0.3, -0.25) is 4.79 Å². The maximum Gasteiger partial charge on any atom is 0.225 e. The number of unbranched alkanes of at least 4 members (excludes halogenated alkanes) is 1. The van der Waals surface area contributed by atoms with E-state index < -0.39 is 10.0 Å². The number of hydrogen-bond acceptors (Lipinski definition) is 3. The summed E-state index contributed by atoms with van der Waals surface area (Å²) < 4.78 is 26.3. The number of carbonyl (C=O) groups is 1. The molecule has 2 fully saturated rings. The van der Waals surface area contributed by atoms with Gasteiger partial charge in [0.05, 0.1) is 5.75 Å². The van der Waals surface area contributed by atoms with Gasteiger partial charge in [0.2, 0.25) is 15.9 Å². The lowest BCUT2D eigenvalue weighted by Crippen LogP contribution is -2.40. The summed E-state index contributed by atoms with van der Waals surface area (Å²) >= 11 is 0. The lowest BCUT2D eigenvalue weighted by molar-refractivity contribution is -0.135. The molecule has 0 unspecified atom stereocenters. The second-order valence-electron chi connectivity index (χ2n) is 6.94. The molecule has 1 heterocycles. The monoisotopic (exact) mass is 344 g/mol. The van der Waals surface area contributed by atoms with E-state index in [1.54, 1.807) is 4.31 Å². The fraction of sp³-hybridized carbons (Fsp3) is 0.941. The normalized spacial score (nSPS) is 22.6. The van der Waals surface area contributed by atoms with Crippen molar-refractivity contribution in [2.45, 2.75) is 64.7 Å². The molecular weight excluding hydrogens is 312 g/mol. The Kier molecular flexibility index (Phi) is 7.34. The molecule has 0 aromatic heterocycles. The summed E-state index contributed by atoms with van der Waals surface area (Å²) in [4.78, 5) is 14.7. The zero-order valence-corrected chi connectivity index (χ0v) is 15.3. The highest BCUT2D eigenvalue weighted by molar-refractivity contribution is 7.89. The standard InChI is InChI=1S/C17H32N2O3S/c1-2-3-15-23(21,22)19-12-8-11-18(13-14-19)17(20)16-9-6-4-5-7-10-16/h16H,2-15H2,1H3. The molecule has 0 atom stereocenters. The van der Waals surface area contributed by atoms with E-state index in [0.29, 0.717) is 32.6 Å². The summed E-state index contributed by atoms with van der Waals surface area (Å²) in [6.45, 7) is 4.28. The van der Waals surface area contributed by atoms with Gasteiger partial charge in [0, 0.05) is 32.1 Å². The highest BCUT2D eigenvalue weighted by atomic mass is 32.2. The van der Waals surface area contributed by atoms with Gasteiger partial charge >= 0.3 is 0 Å². The number of rotatable bonds is 5. The van der Waals surface area contributed by atoms with Crippen LogP contribution in [-0.2, 0) is 14.8 Å². The summed E-state index contributed by atoms with van der Waals surface area (Å²) in [7, 11) is -3.15. The molecule has 0 aromatic carbocycles. The van der Waals surface area contributed by atoms with E-state index in [0.717, 1.165) is 38.5 Å². The van der Waals surface area contributed by atoms with Gasteiger partial charge in [-0.05, 0) is 25.7 Å². The van der Waals surface area contributed by atoms with Crippen molar-refractivity contribution in [3.05, 3.63) is 0 Å². The first-order chi connectivity index (χ1) is 11.0. The van der Waals surface area contributed by atoms with E-state index in [4.69, 9.17) is 0 Å². The van der Waals surface area contributed by atoms with Crippen molar-refractivity contribution in [3.63, 3.8) is 0 Å². The first-order valence-corrected chi connectivity index (χ1v) is 10.9. The van der Waals surface area contributed by atoms with Crippen LogP contribution in [0.4, 0.5) is 0 Å². The van der Waals surface area contributed by atoms with Crippen molar-refractivity contribution >= 4 is 15.9 Å². The third kappa shape index (κ3) is 5.45. The number of carbonyl (C=O) groups excluding carboxylic acids is 1. The SMILES string of the molecule is CCCCS(=O)(=O)N1CCCN(C(=O)C2CCCCCC2)CC1. The molecular formula is C17H32N2O3S. The predicted molar refractivity (Wildman–Crippen MR) is 92.7 cm³/mol. The van der Waals surface area contributed by atoms with E-state index in [1.807, 2.05) is 11.8 Å². The number of sulfonamides is 1. The Labute approximate surface area is 141 Å². The summed E-state index contributed by atoms with van der Waals surface area (Å²) in [6, 6.07) is 0. The smallest absolute Gasteiger partial charge is 0.225 e. The van der Waals surface area contributed by atoms with Crippen LogP contribution in [0.5, 0.6) is 0 Å². The van der Waals surface area contributed by atoms with Crippen LogP contribution >= 0.6 is 0 Å². The molecule has 0 bridgehead atoms. The third-order valence-corrected chi connectivity index (χ3v) is 7.08. The molecule has 0 N–H and O–H groups in total. The van der Waals surface area contributed by atoms with Crippen molar-refractivity contribution in [1.29, 1.82) is 0 Å². The first kappa shape index (κ1) is 18.7. The molecule has 2 aliphatic rings. The van der Waals surface area contributed by atoms with Crippen molar-refractivity contribution in [2.24, 2.45) is 5.92 Å². The topological polar surface area (TPSA) is 57.7 Å². The van der Waals surface area contributed by atoms with E-state index in [2.05, 4.69) is 0 Å². The Balaban J connectivity index is 1.91. The molecule has 1 saturated heterocycles. The Morgan fingerprint density at radius 3 is 2.30 bits per heavy atom. The summed E-state index contributed by atoms with van der Waals surface area (Å²) in [6.07, 6.45) is 9.17. The van der Waals surface area contributed by atoms with Crippen LogP contribution in [0.2, 0.25) is 0 Å². The summed E-state index contributed by atoms with van der Waals surface area (Å²) in [5.41, 5.74) is 0. The van der Waals surface area contributed by atoms with E-state index in [-0.39, 0.29) is 17.6 Å². The molecule has 0 radical (unpaired) electrons. The van der Waals surface area contributed by atoms with Crippen LogP contribution in [0.3, 0.4) is 0 Å². The molecule has 0 spiro atoms. The van der Waals surface area contributed by atoms with Gasteiger partial charge in [-0.25, -0.2) is 12.7 Å². The Bertz CT molecular complexity index is 470. The van der Waals surface area contributed by atoms with Crippen LogP contribution in [0.1, 0.15) is 64.7 Å². The number of hydrogen-bond donors (Lipinski definition) is 0. The number of amides is 1. The third-order valence-electron chi connectivity index (χ3n) is 5.12. The molecule has 6 heteroatoms. The van der Waals surface area contributed by atoms with Gasteiger partial charge in [-0.15, -0.1) is 0 Å². The molecule has 134 valence electrons. The molecule has 0 aromatic rings. The van der Waals surface area contributed by atoms with Crippen molar-refractivity contribution in [1.82, 2.24) is 9.21 Å². The molecule has 2 rings (SSSR count). The Morgan fingerprint density at radius 2 is 1.65 bits per heavy atom. The second-order valence-corrected chi connectivity index (χ2v) is 9.02. The van der Waals surface area contributed by atoms with Gasteiger partial charge < -0.3 is 4.90 Å². The van der Waals surface area contributed by atoms with Gasteiger partial charge in [0.15, 0.2) is 0 Å². The highest BCUT2D eigenvalue weighted by Crippen LogP contribution is 2.25. The first-order valence-electron chi connectivity index (χ1n) is 9.31. The fourth-order valence-corrected chi connectivity index (χ4v) is 5.31. The largest absolute Gasteiger partial charge is 0.341 e. The zero-order chi connectivity index (χ0) is 16.7. The average molecular weight is 345 g/mol. The highest BCUT2D eigenvalue weighted by Gasteiger charge is 2.29. The quantitative estimate of drug-likeness (QED) is 0.720. The lowest BCUT2D eigenvalue weighted by atomic mass is 9.98. The predicted octanol–water partition coefficient (Wildman–Crippen LogP) is 2.62. The Morgan fingerprint density at radius 1 is 0.957 bits per heavy atom. The summed E-state index contributed by atoms with van der Waals surface area (Å²) in [5.74, 6) is 0.667. The van der Waals surface area contributed by atoms with Gasteiger partial charge in [-0.1, -0.05) is 39.0 Å². The molecule has 1 amide bonds. The molecule has 5 nitrogen and oxygen atoms in total. The fourth-order valence-electron chi connectivity index (χ4n) is 3.63. The second kappa shape index (κ2) is 9.02. The molecule has 1 aliphatic heterocycles. The van der Waals surface area contributed by atoms with Gasteiger partial charge in [-0.2, -0.15) is 0 Å². The molecule has 1 saturated carbocycles. The van der Waals surface area contributed by atoms with Crippen molar-refractivity contribution < 1.29 is 13.2 Å². The molecule has 23 heavy (non-hydrogen) atoms. The van der Waals surface area contributed by atoms with Gasteiger partial charge in [0.1, 0.15) is 0 Å². The van der Waals surface area contributed by atoms with E-state index >= 15 is 0 Å².